The summed E-state index contributed by atoms with van der Waals surface area (Å²) in [4.78, 5) is 12.2. The first-order chi connectivity index (χ1) is 11.0. The molecular weight excluding hydrogens is 294 g/mol. The smallest absolute Gasteiger partial charge is 0.275 e. The minimum atomic E-state index is -0.325. The quantitative estimate of drug-likeness (QED) is 0.888. The van der Waals surface area contributed by atoms with E-state index in [1.165, 1.54) is 4.68 Å². The van der Waals surface area contributed by atoms with Crippen LogP contribution in [-0.4, -0.2) is 40.2 Å². The van der Waals surface area contributed by atoms with E-state index in [-0.39, 0.29) is 23.5 Å². The second-order valence-corrected chi connectivity index (χ2v) is 5.93. The van der Waals surface area contributed by atoms with Gasteiger partial charge in [-0.2, -0.15) is 4.68 Å². The van der Waals surface area contributed by atoms with Gasteiger partial charge in [0, 0.05) is 13.2 Å². The molecule has 0 spiro atoms. The maximum atomic E-state index is 12.2. The van der Waals surface area contributed by atoms with Crippen molar-refractivity contribution in [2.24, 2.45) is 0 Å². The summed E-state index contributed by atoms with van der Waals surface area (Å²) >= 11 is 0. The molecule has 1 amide bonds. The molecule has 1 aromatic carbocycles. The summed E-state index contributed by atoms with van der Waals surface area (Å²) in [5.74, 6) is -0.0894. The molecule has 122 valence electrons. The zero-order valence-corrected chi connectivity index (χ0v) is 13.4. The first-order valence-corrected chi connectivity index (χ1v) is 7.74. The fourth-order valence-corrected chi connectivity index (χ4v) is 2.81. The maximum Gasteiger partial charge on any atom is 0.275 e. The Labute approximate surface area is 134 Å². The lowest BCUT2D eigenvalue weighted by atomic mass is 10.1. The number of nitrogens with zero attached hydrogens (tertiary/aromatic N) is 3. The highest BCUT2D eigenvalue weighted by Crippen LogP contribution is 2.18. The third-order valence-corrected chi connectivity index (χ3v) is 3.89. The van der Waals surface area contributed by atoms with Crippen LogP contribution in [0.25, 0.3) is 5.69 Å². The van der Waals surface area contributed by atoms with Crippen LogP contribution >= 0.6 is 0 Å². The van der Waals surface area contributed by atoms with Crippen molar-refractivity contribution < 1.29 is 9.53 Å². The second kappa shape index (κ2) is 6.37. The van der Waals surface area contributed by atoms with Crippen LogP contribution in [0.2, 0.25) is 0 Å². The molecule has 0 bridgehead atoms. The van der Waals surface area contributed by atoms with Gasteiger partial charge in [-0.25, -0.2) is 0 Å². The lowest BCUT2D eigenvalue weighted by Crippen LogP contribution is -2.32. The molecule has 1 aliphatic heterocycles. The van der Waals surface area contributed by atoms with Gasteiger partial charge in [0.1, 0.15) is 0 Å². The summed E-state index contributed by atoms with van der Waals surface area (Å²) < 4.78 is 6.97. The van der Waals surface area contributed by atoms with Gasteiger partial charge in [-0.1, -0.05) is 11.3 Å². The lowest BCUT2D eigenvalue weighted by molar-refractivity contribution is 0.0854. The summed E-state index contributed by atoms with van der Waals surface area (Å²) in [5.41, 5.74) is 9.20. The van der Waals surface area contributed by atoms with Gasteiger partial charge >= 0.3 is 0 Å². The highest BCUT2D eigenvalue weighted by atomic mass is 16.5. The number of ether oxygens (including phenoxy) is 1. The van der Waals surface area contributed by atoms with Gasteiger partial charge in [0.25, 0.3) is 5.91 Å². The van der Waals surface area contributed by atoms with Crippen molar-refractivity contribution in [1.82, 2.24) is 20.3 Å². The molecule has 2 aromatic rings. The Balaban J connectivity index is 1.76. The molecule has 0 radical (unpaired) electrons. The number of nitrogen functional groups attached to an aromatic ring is 1. The number of amides is 1. The molecule has 7 nitrogen and oxygen atoms in total. The predicted octanol–water partition coefficient (Wildman–Crippen LogP) is 1.38. The third kappa shape index (κ3) is 3.34. The standard InChI is InChI=1S/C16H21N5O2/c1-10-6-11(2)8-12(7-10)21-15(17)14(19-20-21)16(22)18-9-13-4-3-5-23-13/h6-8,13H,3-5,9,17H2,1-2H3,(H,18,22)/t13-/m0/s1. The average molecular weight is 315 g/mol. The minimum absolute atomic E-state index is 0.0784. The number of hydrogen-bond donors (Lipinski definition) is 2. The van der Waals surface area contributed by atoms with E-state index in [1.807, 2.05) is 26.0 Å². The minimum Gasteiger partial charge on any atom is -0.382 e. The molecule has 0 saturated carbocycles. The van der Waals surface area contributed by atoms with Crippen LogP contribution in [0.3, 0.4) is 0 Å². The van der Waals surface area contributed by atoms with Gasteiger partial charge in [-0.3, -0.25) is 4.79 Å². The summed E-state index contributed by atoms with van der Waals surface area (Å²) in [7, 11) is 0. The van der Waals surface area contributed by atoms with Crippen molar-refractivity contribution in [3.05, 3.63) is 35.0 Å². The van der Waals surface area contributed by atoms with Gasteiger partial charge in [0.05, 0.1) is 11.8 Å². The number of nitrogens with two attached hydrogens (primary N) is 1. The Morgan fingerprint density at radius 1 is 1.39 bits per heavy atom. The Morgan fingerprint density at radius 3 is 2.78 bits per heavy atom. The number of nitrogens with one attached hydrogen (secondary N) is 1. The van der Waals surface area contributed by atoms with E-state index >= 15 is 0 Å². The Bertz CT molecular complexity index is 699. The Hall–Kier alpha value is -2.41. The van der Waals surface area contributed by atoms with Gasteiger partial charge in [-0.15, -0.1) is 5.10 Å². The Kier molecular flexibility index (Phi) is 4.29. The summed E-state index contributed by atoms with van der Waals surface area (Å²) in [6.45, 7) is 5.22. The maximum absolute atomic E-state index is 12.2. The number of carbonyl (C=O) groups excluding carboxylic acids is 1. The van der Waals surface area contributed by atoms with E-state index in [9.17, 15) is 4.79 Å². The Morgan fingerprint density at radius 2 is 2.13 bits per heavy atom. The van der Waals surface area contributed by atoms with Crippen LogP contribution in [0.4, 0.5) is 5.82 Å². The van der Waals surface area contributed by atoms with E-state index in [0.29, 0.717) is 6.54 Å². The van der Waals surface area contributed by atoms with Crippen LogP contribution in [0, 0.1) is 13.8 Å². The normalized spacial score (nSPS) is 17.4. The molecule has 1 saturated heterocycles. The van der Waals surface area contributed by atoms with Gasteiger partial charge in [0.15, 0.2) is 11.5 Å². The largest absolute Gasteiger partial charge is 0.382 e. The van der Waals surface area contributed by atoms with Crippen molar-refractivity contribution in [2.45, 2.75) is 32.8 Å². The number of aryl methyl sites for hydroxylation is 2. The molecule has 3 N–H and O–H groups in total. The molecule has 1 aliphatic rings. The van der Waals surface area contributed by atoms with E-state index in [2.05, 4.69) is 21.7 Å². The number of benzene rings is 1. The second-order valence-electron chi connectivity index (χ2n) is 5.93. The number of anilines is 1. The molecule has 3 rings (SSSR count). The van der Waals surface area contributed by atoms with Crippen LogP contribution in [0.5, 0.6) is 0 Å². The first-order valence-electron chi connectivity index (χ1n) is 7.74. The third-order valence-electron chi connectivity index (χ3n) is 3.89. The monoisotopic (exact) mass is 315 g/mol. The SMILES string of the molecule is Cc1cc(C)cc(-n2nnc(C(=O)NC[C@@H]3CCCO3)c2N)c1. The topological polar surface area (TPSA) is 95.1 Å². The summed E-state index contributed by atoms with van der Waals surface area (Å²) in [6.07, 6.45) is 2.07. The molecule has 1 aromatic heterocycles. The van der Waals surface area contributed by atoms with Crippen molar-refractivity contribution in [3.8, 4) is 5.69 Å². The van der Waals surface area contributed by atoms with E-state index in [1.54, 1.807) is 0 Å². The van der Waals surface area contributed by atoms with E-state index in [0.717, 1.165) is 36.3 Å². The predicted molar refractivity (Wildman–Crippen MR) is 86.6 cm³/mol. The zero-order chi connectivity index (χ0) is 16.4. The van der Waals surface area contributed by atoms with Crippen LogP contribution < -0.4 is 11.1 Å². The lowest BCUT2D eigenvalue weighted by Gasteiger charge is -2.10. The molecule has 2 heterocycles. The van der Waals surface area contributed by atoms with Crippen LogP contribution in [0.1, 0.15) is 34.5 Å². The average Bonchev–Trinajstić information content (AvgIpc) is 3.13. The van der Waals surface area contributed by atoms with E-state index in [4.69, 9.17) is 10.5 Å². The van der Waals surface area contributed by atoms with Crippen LogP contribution in [0.15, 0.2) is 18.2 Å². The number of aromatic nitrogens is 3. The molecule has 7 heteroatoms. The fraction of sp³-hybridized carbons (Fsp3) is 0.438. The highest BCUT2D eigenvalue weighted by molar-refractivity contribution is 5.96. The van der Waals surface area contributed by atoms with Crippen molar-refractivity contribution in [1.29, 1.82) is 0 Å². The number of rotatable bonds is 4. The fourth-order valence-electron chi connectivity index (χ4n) is 2.81. The first kappa shape index (κ1) is 15.5. The summed E-state index contributed by atoms with van der Waals surface area (Å²) in [6, 6.07) is 5.96. The zero-order valence-electron chi connectivity index (χ0n) is 13.4. The summed E-state index contributed by atoms with van der Waals surface area (Å²) in [5, 5.41) is 10.8. The molecular formula is C16H21N5O2. The molecule has 1 atom stereocenters. The van der Waals surface area contributed by atoms with E-state index < -0.39 is 0 Å². The van der Waals surface area contributed by atoms with Gasteiger partial charge in [-0.05, 0) is 49.9 Å². The number of hydrogen-bond acceptors (Lipinski definition) is 5. The van der Waals surface area contributed by atoms with Crippen LogP contribution in [-0.2, 0) is 4.74 Å². The highest BCUT2D eigenvalue weighted by Gasteiger charge is 2.21. The molecule has 1 fully saturated rings. The van der Waals surface area contributed by atoms with Crippen molar-refractivity contribution >= 4 is 11.7 Å². The molecule has 0 unspecified atom stereocenters. The molecule has 23 heavy (non-hydrogen) atoms. The van der Waals surface area contributed by atoms with Crippen molar-refractivity contribution in [3.63, 3.8) is 0 Å². The van der Waals surface area contributed by atoms with Crippen molar-refractivity contribution in [2.75, 3.05) is 18.9 Å². The van der Waals surface area contributed by atoms with Gasteiger partial charge in [0.2, 0.25) is 0 Å². The number of carbonyl (C=O) groups is 1. The van der Waals surface area contributed by atoms with Gasteiger partial charge < -0.3 is 15.8 Å². The molecule has 0 aliphatic carbocycles.